The van der Waals surface area contributed by atoms with E-state index in [1.54, 1.807) is 12.1 Å². The van der Waals surface area contributed by atoms with E-state index in [1.807, 2.05) is 0 Å². The number of carbonyl (C=O) groups excluding carboxylic acids is 1. The van der Waals surface area contributed by atoms with Gasteiger partial charge in [0.2, 0.25) is 0 Å². The van der Waals surface area contributed by atoms with Crippen LogP contribution in [-0.2, 0) is 4.79 Å². The van der Waals surface area contributed by atoms with Crippen molar-refractivity contribution in [2.75, 3.05) is 13.2 Å². The zero-order valence-corrected chi connectivity index (χ0v) is 11.4. The van der Waals surface area contributed by atoms with E-state index in [0.717, 1.165) is 6.42 Å². The van der Waals surface area contributed by atoms with Gasteiger partial charge in [0.25, 0.3) is 5.91 Å². The number of thiocarbonyl (C=S) groups is 1. The van der Waals surface area contributed by atoms with Crippen LogP contribution in [0.4, 0.5) is 0 Å². The second-order valence-electron chi connectivity index (χ2n) is 4.28. The molecule has 1 unspecified atom stereocenters. The second kappa shape index (κ2) is 4.86. The van der Waals surface area contributed by atoms with Crippen LogP contribution in [0.25, 0.3) is 0 Å². The predicted octanol–water partition coefficient (Wildman–Crippen LogP) is 1.55. The Hall–Kier alpha value is -1.53. The first-order valence-corrected chi connectivity index (χ1v) is 6.64. The maximum atomic E-state index is 11.8. The van der Waals surface area contributed by atoms with Crippen LogP contribution < -0.4 is 20.1 Å². The number of hydrogen-bond donors (Lipinski definition) is 2. The summed E-state index contributed by atoms with van der Waals surface area (Å²) in [5.41, 5.74) is 0.701. The molecule has 7 heteroatoms. The van der Waals surface area contributed by atoms with Crippen LogP contribution in [0, 0.1) is 0 Å². The zero-order chi connectivity index (χ0) is 13.4. The van der Waals surface area contributed by atoms with Gasteiger partial charge in [-0.05, 0) is 29.9 Å². The molecule has 0 radical (unpaired) electrons. The van der Waals surface area contributed by atoms with Crippen LogP contribution in [0.5, 0.6) is 11.5 Å². The van der Waals surface area contributed by atoms with Crippen LogP contribution in [0.15, 0.2) is 12.1 Å². The van der Waals surface area contributed by atoms with Gasteiger partial charge in [0, 0.05) is 6.42 Å². The molecule has 1 fully saturated rings. The first-order valence-electron chi connectivity index (χ1n) is 5.85. The molecule has 0 saturated carbocycles. The minimum absolute atomic E-state index is 0.199. The van der Waals surface area contributed by atoms with Crippen LogP contribution in [-0.4, -0.2) is 24.2 Å². The molecule has 100 valence electrons. The molecule has 0 aliphatic carbocycles. The van der Waals surface area contributed by atoms with E-state index < -0.39 is 6.04 Å². The van der Waals surface area contributed by atoms with Crippen LogP contribution >= 0.6 is 23.8 Å². The summed E-state index contributed by atoms with van der Waals surface area (Å²) in [4.78, 5) is 11.8. The molecule has 1 aromatic rings. The maximum Gasteiger partial charge on any atom is 0.253 e. The average Bonchev–Trinajstić information content (AvgIpc) is 2.59. The molecular weight excluding hydrogens is 288 g/mol. The standard InChI is InChI=1S/C12H11ClN2O3S/c13-7-4-6(9-11(16)15-12(19)14-9)5-8-10(7)18-3-1-2-17-8/h4-5,9H,1-3H2,(H2,14,15,16,19). The van der Waals surface area contributed by atoms with E-state index in [0.29, 0.717) is 40.4 Å². The van der Waals surface area contributed by atoms with Gasteiger partial charge in [0.15, 0.2) is 16.6 Å². The Bertz CT molecular complexity index is 564. The molecule has 5 nitrogen and oxygen atoms in total. The van der Waals surface area contributed by atoms with E-state index in [9.17, 15) is 4.79 Å². The molecule has 19 heavy (non-hydrogen) atoms. The van der Waals surface area contributed by atoms with Crippen molar-refractivity contribution >= 4 is 34.8 Å². The van der Waals surface area contributed by atoms with Gasteiger partial charge in [-0.1, -0.05) is 11.6 Å². The molecule has 0 aromatic heterocycles. The number of ether oxygens (including phenoxy) is 2. The minimum Gasteiger partial charge on any atom is -0.489 e. The highest BCUT2D eigenvalue weighted by atomic mass is 35.5. The van der Waals surface area contributed by atoms with Gasteiger partial charge >= 0.3 is 0 Å². The first kappa shape index (κ1) is 12.5. The van der Waals surface area contributed by atoms with E-state index >= 15 is 0 Å². The van der Waals surface area contributed by atoms with E-state index in [1.165, 1.54) is 0 Å². The van der Waals surface area contributed by atoms with Gasteiger partial charge in [-0.3, -0.25) is 4.79 Å². The van der Waals surface area contributed by atoms with E-state index in [-0.39, 0.29) is 5.91 Å². The second-order valence-corrected chi connectivity index (χ2v) is 5.09. The third-order valence-corrected chi connectivity index (χ3v) is 3.43. The van der Waals surface area contributed by atoms with Crippen molar-refractivity contribution in [3.8, 4) is 11.5 Å². The summed E-state index contributed by atoms with van der Waals surface area (Å²) in [6.45, 7) is 1.13. The Morgan fingerprint density at radius 2 is 2.11 bits per heavy atom. The lowest BCUT2D eigenvalue weighted by molar-refractivity contribution is -0.120. The Kier molecular flexibility index (Phi) is 3.20. The molecule has 1 atom stereocenters. The lowest BCUT2D eigenvalue weighted by Gasteiger charge is -2.14. The van der Waals surface area contributed by atoms with Gasteiger partial charge in [0.05, 0.1) is 18.2 Å². The monoisotopic (exact) mass is 298 g/mol. The van der Waals surface area contributed by atoms with E-state index in [4.69, 9.17) is 33.3 Å². The normalized spacial score (nSPS) is 21.6. The molecule has 1 aromatic carbocycles. The van der Waals surface area contributed by atoms with Gasteiger partial charge in [-0.25, -0.2) is 0 Å². The maximum absolute atomic E-state index is 11.8. The molecule has 2 aliphatic rings. The van der Waals surface area contributed by atoms with E-state index in [2.05, 4.69) is 10.6 Å². The number of hydrogen-bond acceptors (Lipinski definition) is 4. The highest BCUT2D eigenvalue weighted by Crippen LogP contribution is 2.39. The third-order valence-electron chi connectivity index (χ3n) is 2.93. The number of fused-ring (bicyclic) bond motifs is 1. The van der Waals surface area contributed by atoms with Crippen molar-refractivity contribution in [2.24, 2.45) is 0 Å². The minimum atomic E-state index is -0.540. The molecule has 3 rings (SSSR count). The molecule has 1 saturated heterocycles. The topological polar surface area (TPSA) is 59.6 Å². The lowest BCUT2D eigenvalue weighted by Crippen LogP contribution is -2.21. The van der Waals surface area contributed by atoms with Gasteiger partial charge < -0.3 is 20.1 Å². The fourth-order valence-electron chi connectivity index (χ4n) is 2.07. The Morgan fingerprint density at radius 3 is 2.84 bits per heavy atom. The van der Waals surface area contributed by atoms with Gasteiger partial charge in [-0.2, -0.15) is 0 Å². The number of carbonyl (C=O) groups is 1. The zero-order valence-electron chi connectivity index (χ0n) is 9.86. The van der Waals surface area contributed by atoms with Crippen molar-refractivity contribution in [3.63, 3.8) is 0 Å². The number of nitrogens with one attached hydrogen (secondary N) is 2. The Morgan fingerprint density at radius 1 is 1.32 bits per heavy atom. The molecule has 2 N–H and O–H groups in total. The number of halogens is 1. The number of benzene rings is 1. The van der Waals surface area contributed by atoms with Crippen LogP contribution in [0.1, 0.15) is 18.0 Å². The summed E-state index contributed by atoms with van der Waals surface area (Å²) in [6, 6.07) is 2.92. The molecular formula is C12H11ClN2O3S. The molecule has 2 aliphatic heterocycles. The number of amides is 1. The van der Waals surface area contributed by atoms with Crippen molar-refractivity contribution in [1.82, 2.24) is 10.6 Å². The molecule has 0 bridgehead atoms. The fraction of sp³-hybridized carbons (Fsp3) is 0.333. The van der Waals surface area contributed by atoms with Gasteiger partial charge in [0.1, 0.15) is 6.04 Å². The summed E-state index contributed by atoms with van der Waals surface area (Å²) in [5.74, 6) is 0.895. The Balaban J connectivity index is 1.99. The molecule has 2 heterocycles. The SMILES string of the molecule is O=C1NC(=S)NC1c1cc(Cl)c2c(c1)OCCCO2. The highest BCUT2D eigenvalue weighted by molar-refractivity contribution is 7.80. The summed E-state index contributed by atoms with van der Waals surface area (Å²) < 4.78 is 11.1. The van der Waals surface area contributed by atoms with Crippen molar-refractivity contribution < 1.29 is 14.3 Å². The summed E-state index contributed by atoms with van der Waals surface area (Å²) in [5, 5.41) is 6.18. The van der Waals surface area contributed by atoms with Crippen LogP contribution in [0.3, 0.4) is 0 Å². The predicted molar refractivity (Wildman–Crippen MR) is 73.7 cm³/mol. The quantitative estimate of drug-likeness (QED) is 0.770. The highest BCUT2D eigenvalue weighted by Gasteiger charge is 2.30. The summed E-state index contributed by atoms with van der Waals surface area (Å²) in [6.07, 6.45) is 0.798. The average molecular weight is 299 g/mol. The first-order chi connectivity index (χ1) is 9.15. The van der Waals surface area contributed by atoms with Crippen molar-refractivity contribution in [3.05, 3.63) is 22.7 Å². The number of rotatable bonds is 1. The molecule has 1 amide bonds. The smallest absolute Gasteiger partial charge is 0.253 e. The van der Waals surface area contributed by atoms with Crippen molar-refractivity contribution in [1.29, 1.82) is 0 Å². The largest absolute Gasteiger partial charge is 0.489 e. The fourth-order valence-corrected chi connectivity index (χ4v) is 2.56. The summed E-state index contributed by atoms with van der Waals surface area (Å²) in [7, 11) is 0. The third kappa shape index (κ3) is 2.33. The van der Waals surface area contributed by atoms with Crippen molar-refractivity contribution in [2.45, 2.75) is 12.5 Å². The Labute approximate surface area is 120 Å². The van der Waals surface area contributed by atoms with Crippen LogP contribution in [0.2, 0.25) is 5.02 Å². The lowest BCUT2D eigenvalue weighted by atomic mass is 10.1. The molecule has 0 spiro atoms. The summed E-state index contributed by atoms with van der Waals surface area (Å²) >= 11 is 11.1. The van der Waals surface area contributed by atoms with Gasteiger partial charge in [-0.15, -0.1) is 0 Å².